The normalized spacial score (nSPS) is 19.8. The number of hydrogen-bond acceptors (Lipinski definition) is 2. The fourth-order valence-electron chi connectivity index (χ4n) is 1.15. The number of nitrogens with zero attached hydrogens (tertiary/aromatic N) is 2. The molecular weight excluding hydrogens is 142 g/mol. The summed E-state index contributed by atoms with van der Waals surface area (Å²) in [7, 11) is 0. The molecule has 0 radical (unpaired) electrons. The van der Waals surface area contributed by atoms with Crippen molar-refractivity contribution < 1.29 is 4.79 Å². The minimum atomic E-state index is -0.416. The number of amides is 2. The van der Waals surface area contributed by atoms with Crippen LogP contribution in [0, 0.1) is 0 Å². The van der Waals surface area contributed by atoms with E-state index in [1.807, 2.05) is 0 Å². The number of hydrogen-bond donors (Lipinski definition) is 1. The molecule has 2 amide bonds. The molecule has 56 valence electrons. The molecular formula is C7H7N3O. The standard InChI is InChI=1S/C7H7N3O/c8-7(11)10-3-5-1-9-2-6(5)4-10/h1-3H,4H2,(H2,8,11). The maximum atomic E-state index is 10.7. The van der Waals surface area contributed by atoms with Gasteiger partial charge in [-0.05, 0) is 0 Å². The zero-order chi connectivity index (χ0) is 7.84. The summed E-state index contributed by atoms with van der Waals surface area (Å²) >= 11 is 0. The quantitative estimate of drug-likeness (QED) is 0.526. The second-order valence-electron chi connectivity index (χ2n) is 2.48. The highest BCUT2D eigenvalue weighted by Crippen LogP contribution is 2.22. The van der Waals surface area contributed by atoms with Gasteiger partial charge in [0.1, 0.15) is 0 Å². The Hall–Kier alpha value is -1.58. The summed E-state index contributed by atoms with van der Waals surface area (Å²) in [6.45, 7) is 0.560. The molecule has 0 bridgehead atoms. The van der Waals surface area contributed by atoms with Crippen molar-refractivity contribution in [3.8, 4) is 0 Å². The maximum absolute atomic E-state index is 10.7. The fraction of sp³-hybridized carbons (Fsp3) is 0.143. The van der Waals surface area contributed by atoms with Gasteiger partial charge in [0.2, 0.25) is 0 Å². The third kappa shape index (κ3) is 0.832. The van der Waals surface area contributed by atoms with Gasteiger partial charge in [-0.15, -0.1) is 0 Å². The van der Waals surface area contributed by atoms with Crippen molar-refractivity contribution in [3.63, 3.8) is 0 Å². The van der Waals surface area contributed by atoms with E-state index in [1.165, 1.54) is 4.90 Å². The van der Waals surface area contributed by atoms with E-state index in [0.717, 1.165) is 11.1 Å². The molecule has 0 aromatic heterocycles. The van der Waals surface area contributed by atoms with Gasteiger partial charge >= 0.3 is 6.03 Å². The van der Waals surface area contributed by atoms with Gasteiger partial charge < -0.3 is 5.73 Å². The molecule has 4 nitrogen and oxygen atoms in total. The van der Waals surface area contributed by atoms with Gasteiger partial charge in [-0.2, -0.15) is 0 Å². The van der Waals surface area contributed by atoms with Gasteiger partial charge in [0, 0.05) is 29.8 Å². The molecule has 0 aromatic carbocycles. The van der Waals surface area contributed by atoms with Crippen LogP contribution < -0.4 is 5.73 Å². The van der Waals surface area contributed by atoms with Crippen LogP contribution in [0.15, 0.2) is 28.5 Å². The van der Waals surface area contributed by atoms with Crippen LogP contribution in [-0.4, -0.2) is 23.7 Å². The molecule has 2 aliphatic rings. The first-order valence-corrected chi connectivity index (χ1v) is 3.28. The summed E-state index contributed by atoms with van der Waals surface area (Å²) in [5.74, 6) is 0. The van der Waals surface area contributed by atoms with Crippen molar-refractivity contribution >= 4 is 12.2 Å². The monoisotopic (exact) mass is 149 g/mol. The minimum Gasteiger partial charge on any atom is -0.351 e. The lowest BCUT2D eigenvalue weighted by Crippen LogP contribution is -2.29. The first-order chi connectivity index (χ1) is 5.27. The van der Waals surface area contributed by atoms with Gasteiger partial charge in [0.05, 0.1) is 6.54 Å². The Morgan fingerprint density at radius 2 is 2.55 bits per heavy atom. The summed E-state index contributed by atoms with van der Waals surface area (Å²) in [6, 6.07) is -0.416. The Morgan fingerprint density at radius 1 is 1.73 bits per heavy atom. The largest absolute Gasteiger partial charge is 0.351 e. The SMILES string of the molecule is NC(=O)N1C=C2C=NC=C2C1. The van der Waals surface area contributed by atoms with Crippen LogP contribution >= 0.6 is 0 Å². The average Bonchev–Trinajstić information content (AvgIpc) is 2.40. The number of fused-ring (bicyclic) bond motifs is 1. The smallest absolute Gasteiger partial charge is 0.319 e. The van der Waals surface area contributed by atoms with Crippen molar-refractivity contribution in [3.05, 3.63) is 23.5 Å². The number of aliphatic imine (C=N–C) groups is 1. The van der Waals surface area contributed by atoms with Crippen LogP contribution in [0.5, 0.6) is 0 Å². The highest BCUT2D eigenvalue weighted by atomic mass is 16.2. The number of urea groups is 1. The fourth-order valence-corrected chi connectivity index (χ4v) is 1.15. The topological polar surface area (TPSA) is 58.7 Å². The molecule has 0 fully saturated rings. The number of carbonyl (C=O) groups is 1. The van der Waals surface area contributed by atoms with E-state index in [4.69, 9.17) is 5.73 Å². The molecule has 2 aliphatic heterocycles. The second kappa shape index (κ2) is 1.95. The zero-order valence-electron chi connectivity index (χ0n) is 5.82. The predicted octanol–water partition coefficient (Wildman–Crippen LogP) is 0.233. The van der Waals surface area contributed by atoms with Crippen molar-refractivity contribution in [2.45, 2.75) is 0 Å². The van der Waals surface area contributed by atoms with E-state index in [0.29, 0.717) is 6.54 Å². The molecule has 11 heavy (non-hydrogen) atoms. The maximum Gasteiger partial charge on any atom is 0.319 e. The van der Waals surface area contributed by atoms with E-state index < -0.39 is 6.03 Å². The number of primary amides is 1. The van der Waals surface area contributed by atoms with Crippen molar-refractivity contribution in [2.24, 2.45) is 10.7 Å². The lowest BCUT2D eigenvalue weighted by molar-refractivity contribution is 0.229. The van der Waals surface area contributed by atoms with Gasteiger partial charge in [0.15, 0.2) is 0 Å². The van der Waals surface area contributed by atoms with E-state index in [9.17, 15) is 4.79 Å². The first-order valence-electron chi connectivity index (χ1n) is 3.28. The highest BCUT2D eigenvalue weighted by molar-refractivity contribution is 5.91. The molecule has 4 heteroatoms. The molecule has 0 aromatic rings. The molecule has 0 atom stereocenters. The molecule has 2 heterocycles. The van der Waals surface area contributed by atoms with Crippen LogP contribution in [-0.2, 0) is 0 Å². The molecule has 0 aliphatic carbocycles. The Kier molecular flexibility index (Phi) is 1.09. The summed E-state index contributed by atoms with van der Waals surface area (Å²) in [5.41, 5.74) is 7.12. The van der Waals surface area contributed by atoms with Crippen molar-refractivity contribution in [2.75, 3.05) is 6.54 Å². The van der Waals surface area contributed by atoms with E-state index >= 15 is 0 Å². The van der Waals surface area contributed by atoms with Crippen LogP contribution in [0.4, 0.5) is 4.79 Å². The van der Waals surface area contributed by atoms with Crippen LogP contribution in [0.25, 0.3) is 0 Å². The number of carbonyl (C=O) groups excluding carboxylic acids is 1. The highest BCUT2D eigenvalue weighted by Gasteiger charge is 2.21. The second-order valence-corrected chi connectivity index (χ2v) is 2.48. The van der Waals surface area contributed by atoms with Gasteiger partial charge in [-0.25, -0.2) is 4.79 Å². The summed E-state index contributed by atoms with van der Waals surface area (Å²) in [6.07, 6.45) is 5.18. The summed E-state index contributed by atoms with van der Waals surface area (Å²) in [5, 5.41) is 0. The van der Waals surface area contributed by atoms with Crippen molar-refractivity contribution in [1.82, 2.24) is 4.90 Å². The number of nitrogens with two attached hydrogens (primary N) is 1. The van der Waals surface area contributed by atoms with Crippen molar-refractivity contribution in [1.29, 1.82) is 0 Å². The average molecular weight is 149 g/mol. The lowest BCUT2D eigenvalue weighted by Gasteiger charge is -2.07. The molecule has 0 unspecified atom stereocenters. The van der Waals surface area contributed by atoms with E-state index in [2.05, 4.69) is 4.99 Å². The summed E-state index contributed by atoms with van der Waals surface area (Å²) < 4.78 is 0. The van der Waals surface area contributed by atoms with Crippen LogP contribution in [0.2, 0.25) is 0 Å². The van der Waals surface area contributed by atoms with Gasteiger partial charge in [-0.1, -0.05) is 0 Å². The Morgan fingerprint density at radius 3 is 3.18 bits per heavy atom. The molecule has 0 saturated carbocycles. The van der Waals surface area contributed by atoms with Gasteiger partial charge in [0.25, 0.3) is 0 Å². The van der Waals surface area contributed by atoms with Gasteiger partial charge in [-0.3, -0.25) is 9.89 Å². The Labute approximate surface area is 63.7 Å². The molecule has 0 saturated heterocycles. The third-order valence-electron chi connectivity index (χ3n) is 1.73. The molecule has 2 rings (SSSR count). The zero-order valence-corrected chi connectivity index (χ0v) is 5.82. The van der Waals surface area contributed by atoms with Crippen LogP contribution in [0.1, 0.15) is 0 Å². The van der Waals surface area contributed by atoms with E-state index in [1.54, 1.807) is 18.6 Å². The Bertz CT molecular complexity index is 301. The first kappa shape index (κ1) is 6.15. The minimum absolute atomic E-state index is 0.416. The van der Waals surface area contributed by atoms with Crippen LogP contribution in [0.3, 0.4) is 0 Å². The third-order valence-corrected chi connectivity index (χ3v) is 1.73. The predicted molar refractivity (Wildman–Crippen MR) is 40.9 cm³/mol. The lowest BCUT2D eigenvalue weighted by atomic mass is 10.2. The number of rotatable bonds is 0. The van der Waals surface area contributed by atoms with E-state index in [-0.39, 0.29) is 0 Å². The molecule has 0 spiro atoms. The summed E-state index contributed by atoms with van der Waals surface area (Å²) in [4.78, 5) is 16.1. The Balaban J connectivity index is 2.27. The molecule has 2 N–H and O–H groups in total.